The first-order valence-electron chi connectivity index (χ1n) is 5.10. The van der Waals surface area contributed by atoms with Gasteiger partial charge in [-0.05, 0) is 6.42 Å². The van der Waals surface area contributed by atoms with Crippen molar-refractivity contribution >= 4 is 5.95 Å². The van der Waals surface area contributed by atoms with Gasteiger partial charge >= 0.3 is 0 Å². The highest BCUT2D eigenvalue weighted by molar-refractivity contribution is 5.33. The molecule has 0 saturated carbocycles. The fraction of sp³-hybridized carbons (Fsp3) is 0.600. The SMILES string of the molecule is COc1cnc(N2CCC(C(F)F)C2)nc1. The molecule has 1 aliphatic heterocycles. The van der Waals surface area contributed by atoms with Crippen LogP contribution in [0, 0.1) is 5.92 Å². The predicted molar refractivity (Wildman–Crippen MR) is 54.9 cm³/mol. The van der Waals surface area contributed by atoms with Gasteiger partial charge in [0.1, 0.15) is 0 Å². The third kappa shape index (κ3) is 2.20. The minimum absolute atomic E-state index is 0.323. The molecule has 4 nitrogen and oxygen atoms in total. The van der Waals surface area contributed by atoms with E-state index in [4.69, 9.17) is 4.74 Å². The van der Waals surface area contributed by atoms with Crippen LogP contribution in [0.15, 0.2) is 12.4 Å². The Morgan fingerprint density at radius 1 is 1.44 bits per heavy atom. The number of ether oxygens (including phenoxy) is 1. The van der Waals surface area contributed by atoms with Crippen LogP contribution in [0.2, 0.25) is 0 Å². The lowest BCUT2D eigenvalue weighted by Gasteiger charge is -2.15. The van der Waals surface area contributed by atoms with Gasteiger partial charge in [0.2, 0.25) is 12.4 Å². The average molecular weight is 229 g/mol. The maximum absolute atomic E-state index is 12.5. The number of anilines is 1. The molecule has 2 heterocycles. The summed E-state index contributed by atoms with van der Waals surface area (Å²) in [5.41, 5.74) is 0. The molecule has 6 heteroatoms. The quantitative estimate of drug-likeness (QED) is 0.788. The molecule has 1 aromatic heterocycles. The maximum Gasteiger partial charge on any atom is 0.243 e. The zero-order chi connectivity index (χ0) is 11.5. The second-order valence-corrected chi connectivity index (χ2v) is 3.75. The number of aromatic nitrogens is 2. The van der Waals surface area contributed by atoms with Crippen molar-refractivity contribution in [3.63, 3.8) is 0 Å². The normalized spacial score (nSPS) is 20.5. The largest absolute Gasteiger partial charge is 0.494 e. The highest BCUT2D eigenvalue weighted by Crippen LogP contribution is 2.25. The first-order chi connectivity index (χ1) is 7.70. The zero-order valence-corrected chi connectivity index (χ0v) is 8.94. The van der Waals surface area contributed by atoms with Crippen molar-refractivity contribution < 1.29 is 13.5 Å². The Bertz CT molecular complexity index is 344. The molecule has 1 unspecified atom stereocenters. The molecule has 16 heavy (non-hydrogen) atoms. The molecule has 0 N–H and O–H groups in total. The molecule has 2 rings (SSSR count). The van der Waals surface area contributed by atoms with Crippen LogP contribution in [0.5, 0.6) is 5.75 Å². The summed E-state index contributed by atoms with van der Waals surface area (Å²) >= 11 is 0. The average Bonchev–Trinajstić information content (AvgIpc) is 2.78. The molecule has 0 aliphatic carbocycles. The Morgan fingerprint density at radius 2 is 2.12 bits per heavy atom. The van der Waals surface area contributed by atoms with Crippen molar-refractivity contribution in [2.24, 2.45) is 5.92 Å². The van der Waals surface area contributed by atoms with Crippen LogP contribution in [0.1, 0.15) is 6.42 Å². The van der Waals surface area contributed by atoms with Crippen molar-refractivity contribution in [3.8, 4) is 5.75 Å². The number of methoxy groups -OCH3 is 1. The molecule has 1 atom stereocenters. The van der Waals surface area contributed by atoms with E-state index in [2.05, 4.69) is 9.97 Å². The van der Waals surface area contributed by atoms with Crippen molar-refractivity contribution in [2.45, 2.75) is 12.8 Å². The van der Waals surface area contributed by atoms with E-state index in [-0.39, 0.29) is 0 Å². The van der Waals surface area contributed by atoms with Crippen LogP contribution in [0.25, 0.3) is 0 Å². The van der Waals surface area contributed by atoms with Crippen LogP contribution >= 0.6 is 0 Å². The van der Waals surface area contributed by atoms with Gasteiger partial charge in [0.05, 0.1) is 19.5 Å². The highest BCUT2D eigenvalue weighted by atomic mass is 19.3. The topological polar surface area (TPSA) is 38.2 Å². The summed E-state index contributed by atoms with van der Waals surface area (Å²) in [6, 6.07) is 0. The number of halogens is 2. The standard InChI is InChI=1S/C10H13F2N3O/c1-16-8-4-13-10(14-5-8)15-3-2-7(6-15)9(11)12/h4-5,7,9H,2-3,6H2,1H3. The molecular weight excluding hydrogens is 216 g/mol. The second kappa shape index (κ2) is 4.59. The first kappa shape index (κ1) is 11.0. The number of alkyl halides is 2. The number of rotatable bonds is 3. The highest BCUT2D eigenvalue weighted by Gasteiger charge is 2.30. The molecule has 1 fully saturated rings. The van der Waals surface area contributed by atoms with Gasteiger partial charge in [-0.2, -0.15) is 0 Å². The van der Waals surface area contributed by atoms with E-state index < -0.39 is 12.3 Å². The second-order valence-electron chi connectivity index (χ2n) is 3.75. The summed E-state index contributed by atoms with van der Waals surface area (Å²) < 4.78 is 29.8. The molecule has 1 saturated heterocycles. The molecule has 0 spiro atoms. The van der Waals surface area contributed by atoms with Gasteiger partial charge in [0, 0.05) is 19.0 Å². The lowest BCUT2D eigenvalue weighted by molar-refractivity contribution is 0.0879. The molecule has 1 aliphatic rings. The molecular formula is C10H13F2N3O. The van der Waals surface area contributed by atoms with Gasteiger partial charge in [0.25, 0.3) is 0 Å². The van der Waals surface area contributed by atoms with Crippen molar-refractivity contribution in [2.75, 3.05) is 25.1 Å². The monoisotopic (exact) mass is 229 g/mol. The predicted octanol–water partition coefficient (Wildman–Crippen LogP) is 1.58. The lowest BCUT2D eigenvalue weighted by atomic mass is 10.1. The van der Waals surface area contributed by atoms with E-state index >= 15 is 0 Å². The van der Waals surface area contributed by atoms with E-state index in [1.807, 2.05) is 0 Å². The van der Waals surface area contributed by atoms with Crippen molar-refractivity contribution in [3.05, 3.63) is 12.4 Å². The summed E-state index contributed by atoms with van der Waals surface area (Å²) in [4.78, 5) is 9.91. The van der Waals surface area contributed by atoms with Gasteiger partial charge in [-0.3, -0.25) is 0 Å². The Balaban J connectivity index is 2.03. The van der Waals surface area contributed by atoms with Gasteiger partial charge < -0.3 is 9.64 Å². The molecule has 0 bridgehead atoms. The van der Waals surface area contributed by atoms with Crippen molar-refractivity contribution in [1.82, 2.24) is 9.97 Å². The van der Waals surface area contributed by atoms with E-state index in [1.165, 1.54) is 19.5 Å². The van der Waals surface area contributed by atoms with Crippen LogP contribution in [-0.2, 0) is 0 Å². The molecule has 0 amide bonds. The number of nitrogens with zero attached hydrogens (tertiary/aromatic N) is 3. The van der Waals surface area contributed by atoms with E-state index in [0.29, 0.717) is 31.2 Å². The zero-order valence-electron chi connectivity index (χ0n) is 8.94. The molecule has 0 aromatic carbocycles. The van der Waals surface area contributed by atoms with Gasteiger partial charge in [-0.15, -0.1) is 0 Å². The Kier molecular flexibility index (Phi) is 3.17. The first-order valence-corrected chi connectivity index (χ1v) is 5.10. The Labute approximate surface area is 92.3 Å². The van der Waals surface area contributed by atoms with E-state index in [0.717, 1.165) is 0 Å². The van der Waals surface area contributed by atoms with Crippen LogP contribution in [0.4, 0.5) is 14.7 Å². The van der Waals surface area contributed by atoms with E-state index in [1.54, 1.807) is 4.90 Å². The molecule has 1 aromatic rings. The smallest absolute Gasteiger partial charge is 0.243 e. The summed E-state index contributed by atoms with van der Waals surface area (Å²) in [5, 5.41) is 0. The summed E-state index contributed by atoms with van der Waals surface area (Å²) in [6.07, 6.45) is 1.31. The minimum Gasteiger partial charge on any atom is -0.494 e. The van der Waals surface area contributed by atoms with Gasteiger partial charge in [0.15, 0.2) is 5.75 Å². The molecule has 0 radical (unpaired) electrons. The van der Waals surface area contributed by atoms with Crippen LogP contribution in [0.3, 0.4) is 0 Å². The summed E-state index contributed by atoms with van der Waals surface area (Å²) in [7, 11) is 1.53. The fourth-order valence-corrected chi connectivity index (χ4v) is 1.75. The lowest BCUT2D eigenvalue weighted by Crippen LogP contribution is -2.23. The van der Waals surface area contributed by atoms with Crippen LogP contribution < -0.4 is 9.64 Å². The number of hydrogen-bond acceptors (Lipinski definition) is 4. The van der Waals surface area contributed by atoms with Crippen LogP contribution in [-0.4, -0.2) is 36.6 Å². The van der Waals surface area contributed by atoms with Gasteiger partial charge in [-0.25, -0.2) is 18.7 Å². The van der Waals surface area contributed by atoms with Crippen molar-refractivity contribution in [1.29, 1.82) is 0 Å². The molecule has 88 valence electrons. The maximum atomic E-state index is 12.5. The summed E-state index contributed by atoms with van der Waals surface area (Å²) in [6.45, 7) is 0.908. The Morgan fingerprint density at radius 3 is 2.62 bits per heavy atom. The minimum atomic E-state index is -2.26. The third-order valence-corrected chi connectivity index (χ3v) is 2.71. The third-order valence-electron chi connectivity index (χ3n) is 2.71. The number of hydrogen-bond donors (Lipinski definition) is 0. The van der Waals surface area contributed by atoms with E-state index in [9.17, 15) is 8.78 Å². The Hall–Kier alpha value is -1.46. The summed E-state index contributed by atoms with van der Waals surface area (Å²) in [5.74, 6) is 0.489. The van der Waals surface area contributed by atoms with Gasteiger partial charge in [-0.1, -0.05) is 0 Å². The fourth-order valence-electron chi connectivity index (χ4n) is 1.75.